The number of aromatic nitrogens is 1. The number of carbonyl (C=O) groups is 1. The van der Waals surface area contributed by atoms with E-state index in [9.17, 15) is 4.79 Å². The van der Waals surface area contributed by atoms with Crippen LogP contribution in [0.3, 0.4) is 0 Å². The molecule has 0 unspecified atom stereocenters. The van der Waals surface area contributed by atoms with Crippen molar-refractivity contribution in [3.05, 3.63) is 35.3 Å². The number of unbranched alkanes of at least 4 members (excludes halogenated alkanes) is 3. The van der Waals surface area contributed by atoms with Crippen molar-refractivity contribution in [1.29, 1.82) is 0 Å². The van der Waals surface area contributed by atoms with Gasteiger partial charge in [-0.25, -0.2) is 4.98 Å². The van der Waals surface area contributed by atoms with Gasteiger partial charge in [0.25, 0.3) is 0 Å². The maximum absolute atomic E-state index is 11.9. The van der Waals surface area contributed by atoms with E-state index in [4.69, 9.17) is 5.11 Å². The monoisotopic (exact) mass is 389 g/mol. The highest BCUT2D eigenvalue weighted by molar-refractivity contribution is 7.15. The Kier molecular flexibility index (Phi) is 8.86. The first-order valence-electron chi connectivity index (χ1n) is 9.10. The van der Waals surface area contributed by atoms with E-state index in [0.717, 1.165) is 41.9 Å². The molecule has 0 aliphatic carbocycles. The van der Waals surface area contributed by atoms with Gasteiger partial charge in [0, 0.05) is 44.0 Å². The highest BCUT2D eigenvalue weighted by atomic mass is 32.1. The quantitative estimate of drug-likeness (QED) is 0.451. The number of thiazole rings is 1. The van der Waals surface area contributed by atoms with Crippen molar-refractivity contribution < 1.29 is 9.90 Å². The van der Waals surface area contributed by atoms with Crippen LogP contribution in [-0.2, 0) is 11.2 Å². The summed E-state index contributed by atoms with van der Waals surface area (Å²) in [7, 11) is 3.97. The number of hydrogen-bond acceptors (Lipinski definition) is 7. The summed E-state index contributed by atoms with van der Waals surface area (Å²) in [5.74, 6) is -0.0106. The molecule has 1 heterocycles. The lowest BCUT2D eigenvalue weighted by Crippen LogP contribution is -2.25. The number of nitrogens with one attached hydrogen (secondary N) is 1. The molecule has 0 aliphatic rings. The second kappa shape index (κ2) is 11.4. The fourth-order valence-electron chi connectivity index (χ4n) is 2.38. The molecule has 2 N–H and O–H groups in total. The molecule has 2 rings (SSSR count). The molecule has 27 heavy (non-hydrogen) atoms. The summed E-state index contributed by atoms with van der Waals surface area (Å²) in [4.78, 5) is 19.0. The van der Waals surface area contributed by atoms with Gasteiger partial charge in [0.2, 0.25) is 11.0 Å². The summed E-state index contributed by atoms with van der Waals surface area (Å²) in [6, 6.07) is 7.77. The largest absolute Gasteiger partial charge is 0.396 e. The lowest BCUT2D eigenvalue weighted by atomic mass is 10.2. The number of anilines is 1. The van der Waals surface area contributed by atoms with Gasteiger partial charge < -0.3 is 15.3 Å². The van der Waals surface area contributed by atoms with Crippen LogP contribution < -0.4 is 10.2 Å². The van der Waals surface area contributed by atoms with E-state index in [0.29, 0.717) is 18.1 Å². The Balaban J connectivity index is 1.76. The van der Waals surface area contributed by atoms with Crippen LogP contribution in [0.15, 0.2) is 40.7 Å². The normalized spacial score (nSPS) is 11.1. The van der Waals surface area contributed by atoms with E-state index >= 15 is 0 Å². The molecule has 0 saturated carbocycles. The zero-order valence-corrected chi connectivity index (χ0v) is 16.7. The molecular weight excluding hydrogens is 362 g/mol. The lowest BCUT2D eigenvalue weighted by molar-refractivity contribution is -0.120. The van der Waals surface area contributed by atoms with Gasteiger partial charge in [0.15, 0.2) is 0 Å². The summed E-state index contributed by atoms with van der Waals surface area (Å²) >= 11 is 1.37. The van der Waals surface area contributed by atoms with Gasteiger partial charge in [-0.05, 0) is 37.1 Å². The Labute approximate surface area is 164 Å². The van der Waals surface area contributed by atoms with Crippen LogP contribution in [0, 0.1) is 0 Å². The van der Waals surface area contributed by atoms with Crippen LogP contribution in [0.25, 0.3) is 0 Å². The molecule has 0 radical (unpaired) electrons. The fourth-order valence-corrected chi connectivity index (χ4v) is 3.11. The van der Waals surface area contributed by atoms with Crippen molar-refractivity contribution in [2.24, 2.45) is 10.2 Å². The van der Waals surface area contributed by atoms with E-state index in [1.165, 1.54) is 11.3 Å². The molecule has 0 fully saturated rings. The Morgan fingerprint density at radius 2 is 1.89 bits per heavy atom. The van der Waals surface area contributed by atoms with Gasteiger partial charge in [0.1, 0.15) is 0 Å². The first kappa shape index (κ1) is 21.0. The van der Waals surface area contributed by atoms with E-state index in [2.05, 4.69) is 20.5 Å². The minimum atomic E-state index is -0.0106. The number of hydrogen-bond donors (Lipinski definition) is 2. The standard InChI is InChI=1S/C19H27N5O2S/c1-24(2)16-9-7-15(8-10-16)22-23-19-21-14-17(27-19)13-18(26)20-11-5-3-4-6-12-25/h7-10,14,25H,3-6,11-13H2,1-2H3,(H,20,26). The van der Waals surface area contributed by atoms with Gasteiger partial charge in [0.05, 0.1) is 12.1 Å². The van der Waals surface area contributed by atoms with E-state index < -0.39 is 0 Å². The Morgan fingerprint density at radius 1 is 1.15 bits per heavy atom. The highest BCUT2D eigenvalue weighted by Gasteiger charge is 2.07. The molecule has 0 aliphatic heterocycles. The molecule has 146 valence electrons. The maximum Gasteiger partial charge on any atom is 0.230 e. The average molecular weight is 390 g/mol. The number of nitrogens with zero attached hydrogens (tertiary/aromatic N) is 4. The Hall–Kier alpha value is -2.32. The molecular formula is C19H27N5O2S. The third-order valence-electron chi connectivity index (χ3n) is 3.90. The van der Waals surface area contributed by atoms with Crippen molar-refractivity contribution in [2.45, 2.75) is 32.1 Å². The third kappa shape index (κ3) is 7.84. The predicted octanol–water partition coefficient (Wildman–Crippen LogP) is 3.84. The summed E-state index contributed by atoms with van der Waals surface area (Å²) < 4.78 is 0. The molecule has 0 saturated heterocycles. The van der Waals surface area contributed by atoms with Crippen LogP contribution >= 0.6 is 11.3 Å². The molecule has 2 aromatic rings. The highest BCUT2D eigenvalue weighted by Crippen LogP contribution is 2.25. The number of aliphatic hydroxyl groups excluding tert-OH is 1. The third-order valence-corrected chi connectivity index (χ3v) is 4.78. The zero-order chi connectivity index (χ0) is 19.5. The molecule has 1 aromatic heterocycles. The molecule has 8 heteroatoms. The van der Waals surface area contributed by atoms with Crippen LogP contribution in [0.4, 0.5) is 16.5 Å². The molecule has 1 aromatic carbocycles. The van der Waals surface area contributed by atoms with Gasteiger partial charge in [-0.3, -0.25) is 4.79 Å². The summed E-state index contributed by atoms with van der Waals surface area (Å²) in [5, 5.41) is 20.5. The molecule has 0 bridgehead atoms. The van der Waals surface area contributed by atoms with Crippen molar-refractivity contribution >= 4 is 33.8 Å². The van der Waals surface area contributed by atoms with Crippen LogP contribution in [0.2, 0.25) is 0 Å². The first-order chi connectivity index (χ1) is 13.1. The Bertz CT molecular complexity index is 728. The average Bonchev–Trinajstić information content (AvgIpc) is 3.10. The van der Waals surface area contributed by atoms with Crippen molar-refractivity contribution in [3.8, 4) is 0 Å². The number of aliphatic hydroxyl groups is 1. The van der Waals surface area contributed by atoms with Crippen LogP contribution in [0.5, 0.6) is 0 Å². The second-order valence-corrected chi connectivity index (χ2v) is 7.48. The van der Waals surface area contributed by atoms with E-state index in [1.807, 2.05) is 43.3 Å². The maximum atomic E-state index is 11.9. The topological polar surface area (TPSA) is 90.2 Å². The number of azo groups is 1. The van der Waals surface area contributed by atoms with Gasteiger partial charge in [-0.15, -0.1) is 10.2 Å². The first-order valence-corrected chi connectivity index (χ1v) is 9.91. The van der Waals surface area contributed by atoms with Gasteiger partial charge in [-0.1, -0.05) is 24.2 Å². The molecule has 0 spiro atoms. The fraction of sp³-hybridized carbons (Fsp3) is 0.474. The van der Waals surface area contributed by atoms with E-state index in [-0.39, 0.29) is 12.5 Å². The van der Waals surface area contributed by atoms with Crippen molar-refractivity contribution in [1.82, 2.24) is 10.3 Å². The molecule has 0 atom stereocenters. The molecule has 1 amide bonds. The summed E-state index contributed by atoms with van der Waals surface area (Å²) in [6.07, 6.45) is 5.75. The van der Waals surface area contributed by atoms with Crippen molar-refractivity contribution in [3.63, 3.8) is 0 Å². The van der Waals surface area contributed by atoms with Gasteiger partial charge in [-0.2, -0.15) is 0 Å². The minimum absolute atomic E-state index is 0.0106. The van der Waals surface area contributed by atoms with Gasteiger partial charge >= 0.3 is 0 Å². The number of rotatable bonds is 11. The van der Waals surface area contributed by atoms with Crippen LogP contribution in [0.1, 0.15) is 30.6 Å². The summed E-state index contributed by atoms with van der Waals surface area (Å²) in [6.45, 7) is 0.900. The predicted molar refractivity (Wildman–Crippen MR) is 109 cm³/mol. The van der Waals surface area contributed by atoms with E-state index in [1.54, 1.807) is 6.20 Å². The summed E-state index contributed by atoms with van der Waals surface area (Å²) in [5.41, 5.74) is 1.86. The lowest BCUT2D eigenvalue weighted by Gasteiger charge is -2.11. The Morgan fingerprint density at radius 3 is 2.59 bits per heavy atom. The SMILES string of the molecule is CN(C)c1ccc(N=Nc2ncc(CC(=O)NCCCCCCO)s2)cc1. The second-order valence-electron chi connectivity index (χ2n) is 6.38. The molecule has 7 nitrogen and oxygen atoms in total. The van der Waals surface area contributed by atoms with Crippen LogP contribution in [-0.4, -0.2) is 43.2 Å². The van der Waals surface area contributed by atoms with Crippen molar-refractivity contribution in [2.75, 3.05) is 32.1 Å². The zero-order valence-electron chi connectivity index (χ0n) is 15.9. The number of amides is 1. The number of benzene rings is 1. The number of carbonyl (C=O) groups excluding carboxylic acids is 1. The smallest absolute Gasteiger partial charge is 0.230 e. The minimum Gasteiger partial charge on any atom is -0.396 e.